The number of hydrogen-bond acceptors (Lipinski definition) is 4. The van der Waals surface area contributed by atoms with Crippen LogP contribution in [0.3, 0.4) is 0 Å². The first-order chi connectivity index (χ1) is 16.7. The molecular weight excluding hydrogens is 446 g/mol. The summed E-state index contributed by atoms with van der Waals surface area (Å²) in [6.45, 7) is 2.44. The van der Waals surface area contributed by atoms with Crippen molar-refractivity contribution >= 4 is 28.9 Å². The summed E-state index contributed by atoms with van der Waals surface area (Å²) in [5, 5.41) is 4.14. The number of carbonyl (C=O) groups excluding carboxylic acids is 1. The Morgan fingerprint density at radius 1 is 0.941 bits per heavy atom. The van der Waals surface area contributed by atoms with E-state index in [0.29, 0.717) is 12.3 Å². The molecule has 0 spiro atoms. The average molecular weight is 476 g/mol. The second kappa shape index (κ2) is 12.3. The zero-order valence-corrected chi connectivity index (χ0v) is 19.9. The predicted octanol–water partition coefficient (Wildman–Crippen LogP) is 5.61. The third kappa shape index (κ3) is 6.62. The highest BCUT2D eigenvalue weighted by atomic mass is 35.5. The molecule has 0 aliphatic carbocycles. The molecule has 34 heavy (non-hydrogen) atoms. The number of para-hydroxylation sites is 2. The summed E-state index contributed by atoms with van der Waals surface area (Å²) in [6, 6.07) is 24.0. The van der Waals surface area contributed by atoms with Gasteiger partial charge in [0.1, 0.15) is 0 Å². The lowest BCUT2D eigenvalue weighted by Crippen LogP contribution is -2.25. The van der Waals surface area contributed by atoms with E-state index in [-0.39, 0.29) is 5.91 Å². The van der Waals surface area contributed by atoms with E-state index < -0.39 is 0 Å². The Hall–Kier alpha value is -3.28. The first-order valence-electron chi connectivity index (χ1n) is 11.7. The summed E-state index contributed by atoms with van der Waals surface area (Å²) in [6.07, 6.45) is 7.42. The van der Waals surface area contributed by atoms with Gasteiger partial charge in [-0.2, -0.15) is 5.48 Å². The van der Waals surface area contributed by atoms with Crippen molar-refractivity contribution in [2.45, 2.75) is 25.7 Å². The molecule has 3 aromatic carbocycles. The second-order valence-electron chi connectivity index (χ2n) is 8.25. The van der Waals surface area contributed by atoms with Crippen LogP contribution in [0.25, 0.3) is 0 Å². The van der Waals surface area contributed by atoms with Crippen LogP contribution < -0.4 is 20.5 Å². The van der Waals surface area contributed by atoms with Gasteiger partial charge in [-0.15, -0.1) is 0 Å². The molecule has 1 amide bonds. The Morgan fingerprint density at radius 3 is 2.56 bits per heavy atom. The Morgan fingerprint density at radius 2 is 1.71 bits per heavy atom. The van der Waals surface area contributed by atoms with E-state index in [9.17, 15) is 4.79 Å². The molecule has 6 heteroatoms. The molecule has 2 N–H and O–H groups in total. The average Bonchev–Trinajstić information content (AvgIpc) is 3.01. The van der Waals surface area contributed by atoms with E-state index in [2.05, 4.69) is 52.1 Å². The van der Waals surface area contributed by atoms with E-state index in [1.807, 2.05) is 24.3 Å². The van der Waals surface area contributed by atoms with Crippen LogP contribution in [0.2, 0.25) is 5.02 Å². The highest BCUT2D eigenvalue weighted by Crippen LogP contribution is 2.37. The maximum atomic E-state index is 11.8. The number of hydrogen-bond donors (Lipinski definition) is 2. The number of unbranched alkanes of at least 4 members (excludes halogenated alkanes) is 1. The zero-order chi connectivity index (χ0) is 23.6. The van der Waals surface area contributed by atoms with Gasteiger partial charge in [0.2, 0.25) is 0 Å². The molecule has 1 heterocycles. The lowest BCUT2D eigenvalue weighted by atomic mass is 10.0. The van der Waals surface area contributed by atoms with E-state index in [4.69, 9.17) is 16.4 Å². The minimum absolute atomic E-state index is 0.289. The molecule has 0 aromatic heterocycles. The number of nitrogens with one attached hydrogen (secondary N) is 2. The van der Waals surface area contributed by atoms with Crippen LogP contribution in [0.15, 0.2) is 84.9 Å². The number of benzene rings is 3. The smallest absolute Gasteiger partial charge is 0.276 e. The Labute approximate surface area is 206 Å². The molecule has 0 bridgehead atoms. The van der Waals surface area contributed by atoms with Crippen LogP contribution in [0.1, 0.15) is 24.0 Å². The first-order valence-corrected chi connectivity index (χ1v) is 12.1. The van der Waals surface area contributed by atoms with Crippen molar-refractivity contribution in [3.63, 3.8) is 0 Å². The number of fused-ring (bicyclic) bond motifs is 2. The van der Waals surface area contributed by atoms with Crippen LogP contribution in [0.4, 0.5) is 11.4 Å². The molecule has 176 valence electrons. The van der Waals surface area contributed by atoms with E-state index in [0.717, 1.165) is 43.8 Å². The maximum Gasteiger partial charge on any atom is 0.276 e. The van der Waals surface area contributed by atoms with Crippen LogP contribution >= 0.6 is 11.6 Å². The third-order valence-corrected chi connectivity index (χ3v) is 6.05. The van der Waals surface area contributed by atoms with Crippen molar-refractivity contribution in [1.29, 1.82) is 0 Å². The second-order valence-corrected chi connectivity index (χ2v) is 8.68. The van der Waals surface area contributed by atoms with E-state index >= 15 is 0 Å². The fraction of sp³-hybridized carbons (Fsp3) is 0.250. The van der Waals surface area contributed by atoms with Gasteiger partial charge in [-0.05, 0) is 73.7 Å². The first kappa shape index (κ1) is 23.9. The number of nitrogens with zero attached hydrogens (tertiary/aromatic N) is 1. The number of aryl methyl sites for hydroxylation is 2. The molecule has 3 aromatic rings. The minimum atomic E-state index is -0.289. The summed E-state index contributed by atoms with van der Waals surface area (Å²) < 4.78 is 0. The molecule has 0 saturated heterocycles. The number of anilines is 2. The SMILES string of the molecule is O=C(/C=C/CNCCCCN1c2ccccc2CCc2ccc(Cl)cc21)NOc1ccccc1. The van der Waals surface area contributed by atoms with E-state index in [1.165, 1.54) is 28.6 Å². The maximum absolute atomic E-state index is 11.8. The van der Waals surface area contributed by atoms with Gasteiger partial charge in [0.05, 0.1) is 0 Å². The Bertz CT molecular complexity index is 1120. The van der Waals surface area contributed by atoms with Crippen molar-refractivity contribution in [3.05, 3.63) is 101 Å². The number of amides is 1. The summed E-state index contributed by atoms with van der Waals surface area (Å²) in [4.78, 5) is 19.4. The molecule has 0 saturated carbocycles. The van der Waals surface area contributed by atoms with E-state index in [1.54, 1.807) is 18.2 Å². The highest BCUT2D eigenvalue weighted by molar-refractivity contribution is 6.30. The summed E-state index contributed by atoms with van der Waals surface area (Å²) in [5.41, 5.74) is 7.63. The predicted molar refractivity (Wildman–Crippen MR) is 139 cm³/mol. The van der Waals surface area contributed by atoms with Gasteiger partial charge >= 0.3 is 0 Å². The van der Waals surface area contributed by atoms with Gasteiger partial charge in [0, 0.05) is 35.6 Å². The monoisotopic (exact) mass is 475 g/mol. The molecule has 1 aliphatic heterocycles. The van der Waals surface area contributed by atoms with Crippen LogP contribution in [0, 0.1) is 0 Å². The van der Waals surface area contributed by atoms with Crippen molar-refractivity contribution in [2.75, 3.05) is 24.5 Å². The van der Waals surface area contributed by atoms with Crippen LogP contribution in [-0.2, 0) is 17.6 Å². The normalized spacial score (nSPS) is 12.7. The van der Waals surface area contributed by atoms with Crippen molar-refractivity contribution in [1.82, 2.24) is 10.8 Å². The standard InChI is InChI=1S/C28H30ClN3O2/c29-24-17-16-23-15-14-22-9-4-5-12-26(22)32(27(23)21-24)20-7-6-18-30-19-8-13-28(33)31-34-25-10-2-1-3-11-25/h1-5,8-13,16-17,21,30H,6-7,14-15,18-20H2,(H,31,33)/b13-8+. The Balaban J connectivity index is 1.21. The minimum Gasteiger partial charge on any atom is -0.379 e. The van der Waals surface area contributed by atoms with Crippen LogP contribution in [0.5, 0.6) is 5.75 Å². The zero-order valence-electron chi connectivity index (χ0n) is 19.2. The fourth-order valence-electron chi connectivity index (χ4n) is 4.13. The quantitative estimate of drug-likeness (QED) is 0.227. The molecular formula is C28H30ClN3O2. The van der Waals surface area contributed by atoms with Crippen LogP contribution in [-0.4, -0.2) is 25.5 Å². The van der Waals surface area contributed by atoms with Gasteiger partial charge in [-0.1, -0.05) is 60.1 Å². The highest BCUT2D eigenvalue weighted by Gasteiger charge is 2.20. The molecule has 0 unspecified atom stereocenters. The molecule has 0 fully saturated rings. The van der Waals surface area contributed by atoms with Gasteiger partial charge < -0.3 is 15.1 Å². The van der Waals surface area contributed by atoms with Gasteiger partial charge in [-0.25, -0.2) is 0 Å². The number of carbonyl (C=O) groups is 1. The number of halogens is 1. The summed E-state index contributed by atoms with van der Waals surface area (Å²) >= 11 is 6.35. The lowest BCUT2D eigenvalue weighted by molar-refractivity contribution is -0.122. The summed E-state index contributed by atoms with van der Waals surface area (Å²) in [5.74, 6) is 0.308. The summed E-state index contributed by atoms with van der Waals surface area (Å²) in [7, 11) is 0. The molecule has 0 radical (unpaired) electrons. The Kier molecular flexibility index (Phi) is 8.60. The lowest BCUT2D eigenvalue weighted by Gasteiger charge is -2.27. The largest absolute Gasteiger partial charge is 0.379 e. The van der Waals surface area contributed by atoms with Gasteiger partial charge in [-0.3, -0.25) is 4.79 Å². The number of hydroxylamine groups is 1. The molecule has 4 rings (SSSR count). The fourth-order valence-corrected chi connectivity index (χ4v) is 4.29. The van der Waals surface area contributed by atoms with Gasteiger partial charge in [0.25, 0.3) is 5.91 Å². The van der Waals surface area contributed by atoms with Crippen molar-refractivity contribution < 1.29 is 9.63 Å². The molecule has 0 atom stereocenters. The third-order valence-electron chi connectivity index (χ3n) is 5.81. The topological polar surface area (TPSA) is 53.6 Å². The van der Waals surface area contributed by atoms with Crippen molar-refractivity contribution in [3.8, 4) is 5.75 Å². The number of rotatable bonds is 10. The van der Waals surface area contributed by atoms with Gasteiger partial charge in [0.15, 0.2) is 5.75 Å². The molecule has 1 aliphatic rings. The van der Waals surface area contributed by atoms with Crippen molar-refractivity contribution in [2.24, 2.45) is 0 Å². The molecule has 5 nitrogen and oxygen atoms in total.